The van der Waals surface area contributed by atoms with E-state index in [1.807, 2.05) is 13.0 Å². The highest BCUT2D eigenvalue weighted by atomic mass is 32.2. The van der Waals surface area contributed by atoms with Crippen LogP contribution in [0.15, 0.2) is 23.1 Å². The van der Waals surface area contributed by atoms with Crippen LogP contribution in [0.4, 0.5) is 0 Å². The second kappa shape index (κ2) is 9.34. The fourth-order valence-corrected chi connectivity index (χ4v) is 4.63. The van der Waals surface area contributed by atoms with Crippen molar-refractivity contribution in [2.45, 2.75) is 76.2 Å². The molecule has 6 heteroatoms. The number of nitrogens with one attached hydrogen (secondary N) is 2. The van der Waals surface area contributed by atoms with E-state index in [0.717, 1.165) is 31.2 Å². The molecule has 2 rings (SSSR count). The standard InChI is InChI=1S/C19H30N2O3S/c1-15-10-11-18(16(2)14-15)25(23,24)20-13-12-19(22)21-17-8-6-4-3-5-7-9-17/h10-11,14,17,20H,3-9,12-13H2,1-2H3,(H,21,22). The van der Waals surface area contributed by atoms with Crippen LogP contribution in [0.2, 0.25) is 0 Å². The van der Waals surface area contributed by atoms with Gasteiger partial charge in [-0.15, -0.1) is 0 Å². The van der Waals surface area contributed by atoms with Crippen LogP contribution in [0.5, 0.6) is 0 Å². The van der Waals surface area contributed by atoms with Crippen LogP contribution in [-0.4, -0.2) is 26.9 Å². The van der Waals surface area contributed by atoms with Crippen LogP contribution >= 0.6 is 0 Å². The maximum atomic E-state index is 12.4. The van der Waals surface area contributed by atoms with Crippen molar-refractivity contribution >= 4 is 15.9 Å². The van der Waals surface area contributed by atoms with Gasteiger partial charge in [-0.3, -0.25) is 4.79 Å². The van der Waals surface area contributed by atoms with E-state index in [9.17, 15) is 13.2 Å². The van der Waals surface area contributed by atoms with E-state index in [-0.39, 0.29) is 29.8 Å². The Bertz CT molecular complexity index is 678. The Morgan fingerprint density at radius 2 is 1.72 bits per heavy atom. The Labute approximate surface area is 151 Å². The minimum absolute atomic E-state index is 0.0751. The van der Waals surface area contributed by atoms with Gasteiger partial charge in [0.05, 0.1) is 4.90 Å². The van der Waals surface area contributed by atoms with E-state index < -0.39 is 10.0 Å². The van der Waals surface area contributed by atoms with Gasteiger partial charge >= 0.3 is 0 Å². The molecule has 140 valence electrons. The summed E-state index contributed by atoms with van der Waals surface area (Å²) in [4.78, 5) is 12.4. The number of rotatable bonds is 6. The van der Waals surface area contributed by atoms with Crippen molar-refractivity contribution in [3.05, 3.63) is 29.3 Å². The van der Waals surface area contributed by atoms with Crippen LogP contribution in [0.1, 0.15) is 62.5 Å². The van der Waals surface area contributed by atoms with E-state index in [4.69, 9.17) is 0 Å². The Hall–Kier alpha value is -1.40. The summed E-state index contributed by atoms with van der Waals surface area (Å²) in [7, 11) is -3.58. The number of amides is 1. The van der Waals surface area contributed by atoms with Gasteiger partial charge in [0.1, 0.15) is 0 Å². The molecule has 0 spiro atoms. The van der Waals surface area contributed by atoms with Crippen LogP contribution < -0.4 is 10.0 Å². The molecule has 0 heterocycles. The molecule has 25 heavy (non-hydrogen) atoms. The zero-order valence-corrected chi connectivity index (χ0v) is 16.1. The van der Waals surface area contributed by atoms with Crippen molar-refractivity contribution < 1.29 is 13.2 Å². The molecule has 1 aromatic rings. The normalized spacial score (nSPS) is 16.9. The summed E-state index contributed by atoms with van der Waals surface area (Å²) >= 11 is 0. The Kier molecular flexibility index (Phi) is 7.44. The van der Waals surface area contributed by atoms with Crippen molar-refractivity contribution in [1.82, 2.24) is 10.0 Å². The molecule has 2 N–H and O–H groups in total. The molecule has 5 nitrogen and oxygen atoms in total. The third-order valence-electron chi connectivity index (χ3n) is 4.73. The average molecular weight is 367 g/mol. The van der Waals surface area contributed by atoms with E-state index in [2.05, 4.69) is 10.0 Å². The van der Waals surface area contributed by atoms with Gasteiger partial charge < -0.3 is 5.32 Å². The van der Waals surface area contributed by atoms with Crippen LogP contribution in [-0.2, 0) is 14.8 Å². The lowest BCUT2D eigenvalue weighted by Crippen LogP contribution is -2.37. The molecule has 0 unspecified atom stereocenters. The molecule has 1 saturated carbocycles. The molecule has 1 aliphatic carbocycles. The number of benzene rings is 1. The van der Waals surface area contributed by atoms with Crippen LogP contribution in [0, 0.1) is 13.8 Å². The summed E-state index contributed by atoms with van der Waals surface area (Å²) in [6.45, 7) is 3.83. The van der Waals surface area contributed by atoms with Gasteiger partial charge in [-0.05, 0) is 38.3 Å². The molecular formula is C19H30N2O3S. The van der Waals surface area contributed by atoms with E-state index in [1.165, 1.54) is 19.3 Å². The molecule has 1 fully saturated rings. The minimum atomic E-state index is -3.58. The first-order valence-corrected chi connectivity index (χ1v) is 10.7. The molecule has 0 aromatic heterocycles. The lowest BCUT2D eigenvalue weighted by atomic mass is 9.96. The minimum Gasteiger partial charge on any atom is -0.353 e. The maximum absolute atomic E-state index is 12.4. The number of hydrogen-bond donors (Lipinski definition) is 2. The summed E-state index contributed by atoms with van der Waals surface area (Å²) in [5, 5.41) is 3.06. The summed E-state index contributed by atoms with van der Waals surface area (Å²) < 4.78 is 27.3. The van der Waals surface area contributed by atoms with Crippen LogP contribution in [0.3, 0.4) is 0 Å². The number of sulfonamides is 1. The molecule has 0 radical (unpaired) electrons. The largest absolute Gasteiger partial charge is 0.353 e. The highest BCUT2D eigenvalue weighted by Crippen LogP contribution is 2.18. The smallest absolute Gasteiger partial charge is 0.240 e. The van der Waals surface area contributed by atoms with Gasteiger partial charge in [0.25, 0.3) is 0 Å². The Balaban J connectivity index is 1.81. The van der Waals surface area contributed by atoms with Gasteiger partial charge in [-0.1, -0.05) is 49.8 Å². The highest BCUT2D eigenvalue weighted by Gasteiger charge is 2.18. The quantitative estimate of drug-likeness (QED) is 0.812. The third kappa shape index (κ3) is 6.44. The zero-order valence-electron chi connectivity index (χ0n) is 15.3. The second-order valence-electron chi connectivity index (χ2n) is 7.03. The lowest BCUT2D eigenvalue weighted by molar-refractivity contribution is -0.121. The fraction of sp³-hybridized carbons (Fsp3) is 0.632. The Morgan fingerprint density at radius 1 is 1.08 bits per heavy atom. The average Bonchev–Trinajstić information content (AvgIpc) is 2.49. The number of aryl methyl sites for hydroxylation is 2. The third-order valence-corrected chi connectivity index (χ3v) is 6.36. The summed E-state index contributed by atoms with van der Waals surface area (Å²) in [5.74, 6) is -0.0751. The first-order chi connectivity index (χ1) is 11.9. The summed E-state index contributed by atoms with van der Waals surface area (Å²) in [5.41, 5.74) is 1.74. The fourth-order valence-electron chi connectivity index (χ4n) is 3.38. The molecule has 0 saturated heterocycles. The predicted molar refractivity (Wildman–Crippen MR) is 100.0 cm³/mol. The number of hydrogen-bond acceptors (Lipinski definition) is 3. The topological polar surface area (TPSA) is 75.3 Å². The first kappa shape index (κ1) is 19.9. The SMILES string of the molecule is Cc1ccc(S(=O)(=O)NCCC(=O)NC2CCCCCCC2)c(C)c1. The van der Waals surface area contributed by atoms with Gasteiger partial charge in [-0.2, -0.15) is 0 Å². The summed E-state index contributed by atoms with van der Waals surface area (Å²) in [6, 6.07) is 5.48. The second-order valence-corrected chi connectivity index (χ2v) is 8.76. The lowest BCUT2D eigenvalue weighted by Gasteiger charge is -2.21. The van der Waals surface area contributed by atoms with E-state index in [1.54, 1.807) is 19.1 Å². The van der Waals surface area contributed by atoms with E-state index >= 15 is 0 Å². The first-order valence-electron chi connectivity index (χ1n) is 9.25. The van der Waals surface area contributed by atoms with Crippen LogP contribution in [0.25, 0.3) is 0 Å². The molecule has 0 atom stereocenters. The predicted octanol–water partition coefficient (Wildman–Crippen LogP) is 3.20. The van der Waals surface area contributed by atoms with Crippen molar-refractivity contribution in [2.24, 2.45) is 0 Å². The zero-order chi connectivity index (χ0) is 18.3. The Morgan fingerprint density at radius 3 is 2.36 bits per heavy atom. The van der Waals surface area contributed by atoms with E-state index in [0.29, 0.717) is 5.56 Å². The maximum Gasteiger partial charge on any atom is 0.240 e. The molecular weight excluding hydrogens is 336 g/mol. The molecule has 1 aliphatic rings. The van der Waals surface area contributed by atoms with Gasteiger partial charge in [0, 0.05) is 19.0 Å². The monoisotopic (exact) mass is 366 g/mol. The number of carbonyl (C=O) groups excluding carboxylic acids is 1. The highest BCUT2D eigenvalue weighted by molar-refractivity contribution is 7.89. The van der Waals surface area contributed by atoms with Gasteiger partial charge in [-0.25, -0.2) is 13.1 Å². The number of carbonyl (C=O) groups is 1. The van der Waals surface area contributed by atoms with Gasteiger partial charge in [0.15, 0.2) is 0 Å². The molecule has 1 amide bonds. The van der Waals surface area contributed by atoms with Crippen molar-refractivity contribution in [2.75, 3.05) is 6.54 Å². The van der Waals surface area contributed by atoms with Crippen molar-refractivity contribution in [1.29, 1.82) is 0 Å². The van der Waals surface area contributed by atoms with Crippen molar-refractivity contribution in [3.63, 3.8) is 0 Å². The van der Waals surface area contributed by atoms with Gasteiger partial charge in [0.2, 0.25) is 15.9 Å². The molecule has 0 aliphatic heterocycles. The molecule has 1 aromatic carbocycles. The summed E-state index contributed by atoms with van der Waals surface area (Å²) in [6.07, 6.45) is 8.31. The molecule has 0 bridgehead atoms. The van der Waals surface area contributed by atoms with Crippen molar-refractivity contribution in [3.8, 4) is 0 Å².